The van der Waals surface area contributed by atoms with Gasteiger partial charge < -0.3 is 0 Å². The van der Waals surface area contributed by atoms with Gasteiger partial charge in [-0.2, -0.15) is 0 Å². The third-order valence-corrected chi connectivity index (χ3v) is 9.42. The number of carbonyl (C=O) groups excluding carboxylic acids is 3. The van der Waals surface area contributed by atoms with Crippen molar-refractivity contribution in [3.8, 4) is 0 Å². The monoisotopic (exact) mass is 503 g/mol. The summed E-state index contributed by atoms with van der Waals surface area (Å²) in [5.41, 5.74) is 5.23. The van der Waals surface area contributed by atoms with E-state index < -0.39 is 22.7 Å². The van der Waals surface area contributed by atoms with Gasteiger partial charge in [-0.25, -0.2) is 4.90 Å². The fourth-order valence-corrected chi connectivity index (χ4v) is 8.20. The van der Waals surface area contributed by atoms with Gasteiger partial charge in [-0.3, -0.25) is 14.4 Å². The molecular formula is C34H33NO3. The minimum Gasteiger partial charge on any atom is -0.298 e. The third kappa shape index (κ3) is 2.78. The molecule has 192 valence electrons. The summed E-state index contributed by atoms with van der Waals surface area (Å²) in [7, 11) is 0. The topological polar surface area (TPSA) is 54.5 Å². The minimum absolute atomic E-state index is 0.0430. The SMILES string of the molecule is CC[C@]12C(=O)[C@](CC)(C(c3ccccc3)=C1c1ccccc1)[C@H]1C(=O)N(c3c(C)cc(C)cc3C)C(=O)[C@@H]12. The summed E-state index contributed by atoms with van der Waals surface area (Å²) in [6, 6.07) is 24.0. The Labute approximate surface area is 224 Å². The number of hydrogen-bond acceptors (Lipinski definition) is 3. The van der Waals surface area contributed by atoms with Crippen molar-refractivity contribution < 1.29 is 14.4 Å². The molecule has 0 unspecified atom stereocenters. The third-order valence-electron chi connectivity index (χ3n) is 9.42. The Morgan fingerprint density at radius 1 is 0.658 bits per heavy atom. The van der Waals surface area contributed by atoms with E-state index in [1.165, 1.54) is 4.90 Å². The average Bonchev–Trinajstić information content (AvgIpc) is 3.41. The van der Waals surface area contributed by atoms with E-state index in [2.05, 4.69) is 0 Å². The molecule has 1 heterocycles. The molecule has 4 heteroatoms. The predicted molar refractivity (Wildman–Crippen MR) is 150 cm³/mol. The van der Waals surface area contributed by atoms with Crippen molar-refractivity contribution in [2.24, 2.45) is 22.7 Å². The van der Waals surface area contributed by atoms with Gasteiger partial charge in [0, 0.05) is 0 Å². The lowest BCUT2D eigenvalue weighted by Gasteiger charge is -2.38. The van der Waals surface area contributed by atoms with Gasteiger partial charge in [0.05, 0.1) is 28.4 Å². The highest BCUT2D eigenvalue weighted by atomic mass is 16.2. The molecule has 2 aliphatic carbocycles. The van der Waals surface area contributed by atoms with Gasteiger partial charge in [-0.05, 0) is 67.0 Å². The molecule has 6 rings (SSSR count). The van der Waals surface area contributed by atoms with Crippen LogP contribution in [0.15, 0.2) is 72.8 Å². The summed E-state index contributed by atoms with van der Waals surface area (Å²) >= 11 is 0. The highest BCUT2D eigenvalue weighted by Crippen LogP contribution is 2.75. The van der Waals surface area contributed by atoms with Crippen molar-refractivity contribution >= 4 is 34.4 Å². The zero-order valence-corrected chi connectivity index (χ0v) is 22.7. The number of anilines is 1. The van der Waals surface area contributed by atoms with E-state index in [1.807, 2.05) is 107 Å². The van der Waals surface area contributed by atoms with Crippen molar-refractivity contribution in [2.45, 2.75) is 47.5 Å². The Morgan fingerprint density at radius 2 is 1.05 bits per heavy atom. The highest BCUT2D eigenvalue weighted by Gasteiger charge is 2.80. The van der Waals surface area contributed by atoms with E-state index in [0.717, 1.165) is 39.0 Å². The number of ketones is 1. The van der Waals surface area contributed by atoms with Crippen LogP contribution in [0, 0.1) is 43.4 Å². The summed E-state index contributed by atoms with van der Waals surface area (Å²) in [5, 5.41) is 0. The number of Topliss-reactive ketones (excluding diaryl/α,β-unsaturated/α-hetero) is 1. The second-order valence-corrected chi connectivity index (χ2v) is 11.2. The molecule has 0 spiro atoms. The summed E-state index contributed by atoms with van der Waals surface area (Å²) < 4.78 is 0. The van der Waals surface area contributed by atoms with Crippen LogP contribution in [0.25, 0.3) is 11.1 Å². The second-order valence-electron chi connectivity index (χ2n) is 11.2. The van der Waals surface area contributed by atoms with Crippen molar-refractivity contribution in [3.63, 3.8) is 0 Å². The fourth-order valence-electron chi connectivity index (χ4n) is 8.20. The molecule has 0 radical (unpaired) electrons. The van der Waals surface area contributed by atoms with Gasteiger partial charge in [0.1, 0.15) is 0 Å². The number of fused-ring (bicyclic) bond motifs is 5. The number of benzene rings is 3. The molecule has 1 saturated heterocycles. The van der Waals surface area contributed by atoms with Crippen molar-refractivity contribution in [3.05, 3.63) is 101 Å². The number of rotatable bonds is 5. The van der Waals surface area contributed by atoms with Crippen LogP contribution in [0.1, 0.15) is 54.5 Å². The quantitative estimate of drug-likeness (QED) is 0.363. The van der Waals surface area contributed by atoms with Gasteiger partial charge in [0.25, 0.3) is 0 Å². The maximum Gasteiger partial charge on any atom is 0.239 e. The molecule has 3 aliphatic rings. The number of allylic oxidation sites excluding steroid dienone is 2. The number of amides is 2. The average molecular weight is 504 g/mol. The van der Waals surface area contributed by atoms with Gasteiger partial charge in [-0.1, -0.05) is 92.2 Å². The van der Waals surface area contributed by atoms with Crippen molar-refractivity contribution in [1.82, 2.24) is 0 Å². The maximum absolute atomic E-state index is 14.8. The Bertz CT molecular complexity index is 1430. The molecule has 3 aromatic rings. The number of aryl methyl sites for hydroxylation is 3. The first kappa shape index (κ1) is 24.5. The van der Waals surface area contributed by atoms with E-state index in [0.29, 0.717) is 18.5 Å². The maximum atomic E-state index is 14.8. The second kappa shape index (κ2) is 8.36. The normalized spacial score (nSPS) is 28.0. The molecule has 2 amide bonds. The first-order chi connectivity index (χ1) is 18.3. The van der Waals surface area contributed by atoms with Gasteiger partial charge in [-0.15, -0.1) is 0 Å². The largest absolute Gasteiger partial charge is 0.298 e. The lowest BCUT2D eigenvalue weighted by Crippen LogP contribution is -2.42. The summed E-state index contributed by atoms with van der Waals surface area (Å²) in [6.07, 6.45) is 0.933. The summed E-state index contributed by atoms with van der Waals surface area (Å²) in [5.74, 6) is -1.85. The first-order valence-corrected chi connectivity index (χ1v) is 13.6. The molecule has 0 aromatic heterocycles. The lowest BCUT2D eigenvalue weighted by molar-refractivity contribution is -0.134. The van der Waals surface area contributed by atoms with E-state index in [9.17, 15) is 14.4 Å². The van der Waals surface area contributed by atoms with Crippen molar-refractivity contribution in [1.29, 1.82) is 0 Å². The van der Waals surface area contributed by atoms with Crippen molar-refractivity contribution in [2.75, 3.05) is 4.90 Å². The Morgan fingerprint density at radius 3 is 1.42 bits per heavy atom. The van der Waals surface area contributed by atoms with Gasteiger partial charge >= 0.3 is 0 Å². The zero-order chi connectivity index (χ0) is 27.0. The van der Waals surface area contributed by atoms with E-state index in [4.69, 9.17) is 0 Å². The Hall–Kier alpha value is -3.79. The van der Waals surface area contributed by atoms with Crippen LogP contribution in [-0.2, 0) is 14.4 Å². The molecule has 3 aromatic carbocycles. The number of carbonyl (C=O) groups is 3. The molecule has 4 atom stereocenters. The molecule has 0 N–H and O–H groups in total. The molecular weight excluding hydrogens is 470 g/mol. The Kier molecular flexibility index (Phi) is 5.40. The molecule has 38 heavy (non-hydrogen) atoms. The zero-order valence-electron chi connectivity index (χ0n) is 22.7. The molecule has 4 nitrogen and oxygen atoms in total. The molecule has 1 saturated carbocycles. The first-order valence-electron chi connectivity index (χ1n) is 13.6. The van der Waals surface area contributed by atoms with E-state index in [1.54, 1.807) is 0 Å². The van der Waals surface area contributed by atoms with E-state index >= 15 is 0 Å². The fraction of sp³-hybridized carbons (Fsp3) is 0.324. The van der Waals surface area contributed by atoms with Gasteiger partial charge in [0.15, 0.2) is 5.78 Å². The van der Waals surface area contributed by atoms with Gasteiger partial charge in [0.2, 0.25) is 11.8 Å². The van der Waals surface area contributed by atoms with Crippen LogP contribution in [0.3, 0.4) is 0 Å². The number of nitrogens with zero attached hydrogens (tertiary/aromatic N) is 1. The molecule has 2 fully saturated rings. The van der Waals surface area contributed by atoms with Crippen LogP contribution < -0.4 is 4.90 Å². The molecule has 1 aliphatic heterocycles. The van der Waals surface area contributed by atoms with Crippen LogP contribution in [-0.4, -0.2) is 17.6 Å². The van der Waals surface area contributed by atoms with Crippen LogP contribution >= 0.6 is 0 Å². The van der Waals surface area contributed by atoms with Crippen LogP contribution in [0.2, 0.25) is 0 Å². The highest BCUT2D eigenvalue weighted by molar-refractivity contribution is 6.35. The van der Waals surface area contributed by atoms with Crippen LogP contribution in [0.5, 0.6) is 0 Å². The summed E-state index contributed by atoms with van der Waals surface area (Å²) in [4.78, 5) is 45.2. The number of hydrogen-bond donors (Lipinski definition) is 0. The summed E-state index contributed by atoms with van der Waals surface area (Å²) in [6.45, 7) is 9.93. The number of imide groups is 1. The Balaban J connectivity index is 1.68. The molecule has 2 bridgehead atoms. The van der Waals surface area contributed by atoms with Crippen LogP contribution in [0.4, 0.5) is 5.69 Å². The lowest BCUT2D eigenvalue weighted by atomic mass is 9.60. The smallest absolute Gasteiger partial charge is 0.239 e. The minimum atomic E-state index is -1.05. The predicted octanol–water partition coefficient (Wildman–Crippen LogP) is 6.72. The standard InChI is InChI=1S/C34H33NO3/c1-6-33-25(23-14-10-8-11-15-23)26(24-16-12-9-13-17-24)34(7-2,32(33)38)28-27(33)30(36)35(31(28)37)29-21(4)18-20(3)19-22(29)5/h8-19,27-28H,6-7H2,1-5H3/t27-,28-,33-,34+/m1/s1. The van der Waals surface area contributed by atoms with E-state index in [-0.39, 0.29) is 17.6 Å².